The van der Waals surface area contributed by atoms with Crippen LogP contribution in [0.25, 0.3) is 0 Å². The molecule has 0 saturated heterocycles. The maximum Gasteiger partial charge on any atom is 0.235 e. The lowest BCUT2D eigenvalue weighted by Crippen LogP contribution is -2.18. The van der Waals surface area contributed by atoms with Gasteiger partial charge >= 0.3 is 0 Å². The third-order valence-electron chi connectivity index (χ3n) is 1.91. The van der Waals surface area contributed by atoms with Gasteiger partial charge in [0, 0.05) is 9.92 Å². The van der Waals surface area contributed by atoms with Gasteiger partial charge < -0.3 is 0 Å². The SMILES string of the molecule is CC(C)C(Sc1ccc(Cl)cc1)C(=O)Cl. The predicted octanol–water partition coefficient (Wildman–Crippen LogP) is 4.22. The average Bonchev–Trinajstić information content (AvgIpc) is 2.15. The summed E-state index contributed by atoms with van der Waals surface area (Å²) in [6.45, 7) is 3.96. The maximum atomic E-state index is 11.2. The molecule has 0 heterocycles. The normalized spacial score (nSPS) is 12.9. The van der Waals surface area contributed by atoms with Gasteiger partial charge in [-0.05, 0) is 41.8 Å². The molecule has 0 bridgehead atoms. The minimum absolute atomic E-state index is 0.201. The van der Waals surface area contributed by atoms with E-state index >= 15 is 0 Å². The molecule has 1 aromatic carbocycles. The summed E-state index contributed by atoms with van der Waals surface area (Å²) in [5, 5.41) is 0.190. The van der Waals surface area contributed by atoms with Gasteiger partial charge in [0.2, 0.25) is 5.24 Å². The highest BCUT2D eigenvalue weighted by Gasteiger charge is 2.21. The van der Waals surface area contributed by atoms with E-state index in [1.807, 2.05) is 26.0 Å². The zero-order valence-electron chi connectivity index (χ0n) is 8.54. The van der Waals surface area contributed by atoms with Gasteiger partial charge in [-0.25, -0.2) is 0 Å². The van der Waals surface area contributed by atoms with Crippen LogP contribution in [-0.4, -0.2) is 10.5 Å². The molecule has 0 N–H and O–H groups in total. The summed E-state index contributed by atoms with van der Waals surface area (Å²) in [7, 11) is 0. The van der Waals surface area contributed by atoms with Gasteiger partial charge in [0.25, 0.3) is 0 Å². The molecule has 0 amide bonds. The van der Waals surface area contributed by atoms with Gasteiger partial charge in [-0.2, -0.15) is 0 Å². The molecule has 0 aliphatic heterocycles. The number of hydrogen-bond donors (Lipinski definition) is 0. The van der Waals surface area contributed by atoms with Crippen molar-refractivity contribution >= 4 is 40.2 Å². The van der Waals surface area contributed by atoms with Crippen LogP contribution in [0.4, 0.5) is 0 Å². The van der Waals surface area contributed by atoms with Crippen molar-refractivity contribution in [2.75, 3.05) is 0 Å². The average molecular weight is 263 g/mol. The zero-order valence-corrected chi connectivity index (χ0v) is 10.9. The monoisotopic (exact) mass is 262 g/mol. The molecule has 0 radical (unpaired) electrons. The lowest BCUT2D eigenvalue weighted by Gasteiger charge is -2.15. The van der Waals surface area contributed by atoms with Gasteiger partial charge in [0.05, 0.1) is 5.25 Å². The van der Waals surface area contributed by atoms with Gasteiger partial charge in [-0.3, -0.25) is 4.79 Å². The van der Waals surface area contributed by atoms with Crippen LogP contribution in [0.1, 0.15) is 13.8 Å². The second kappa shape index (κ2) is 5.78. The Morgan fingerprint density at radius 3 is 2.20 bits per heavy atom. The quantitative estimate of drug-likeness (QED) is 0.597. The molecule has 4 heteroatoms. The second-order valence-corrected chi connectivity index (χ2v) is 5.56. The molecule has 82 valence electrons. The minimum Gasteiger partial charge on any atom is -0.280 e. The van der Waals surface area contributed by atoms with Crippen LogP contribution in [0.2, 0.25) is 5.02 Å². The second-order valence-electron chi connectivity index (χ2n) is 3.54. The van der Waals surface area contributed by atoms with Gasteiger partial charge in [-0.15, -0.1) is 11.8 Å². The lowest BCUT2D eigenvalue weighted by molar-refractivity contribution is -0.111. The Morgan fingerprint density at radius 1 is 1.27 bits per heavy atom. The fourth-order valence-electron chi connectivity index (χ4n) is 1.10. The van der Waals surface area contributed by atoms with Crippen molar-refractivity contribution in [2.45, 2.75) is 24.0 Å². The van der Waals surface area contributed by atoms with E-state index < -0.39 is 0 Å². The molecule has 0 aromatic heterocycles. The molecule has 15 heavy (non-hydrogen) atoms. The summed E-state index contributed by atoms with van der Waals surface area (Å²) in [6, 6.07) is 7.39. The first-order chi connectivity index (χ1) is 7.00. The summed E-state index contributed by atoms with van der Waals surface area (Å²) in [5.74, 6) is 0.218. The molecular weight excluding hydrogens is 251 g/mol. The molecule has 0 fully saturated rings. The third-order valence-corrected chi connectivity index (χ3v) is 4.08. The first kappa shape index (κ1) is 12.9. The van der Waals surface area contributed by atoms with Crippen LogP contribution in [-0.2, 0) is 4.79 Å². The number of hydrogen-bond acceptors (Lipinski definition) is 2. The highest BCUT2D eigenvalue weighted by molar-refractivity contribution is 8.00. The number of carbonyl (C=O) groups is 1. The number of rotatable bonds is 4. The Morgan fingerprint density at radius 2 is 1.80 bits per heavy atom. The molecule has 0 aliphatic carbocycles. The molecule has 1 atom stereocenters. The summed E-state index contributed by atoms with van der Waals surface area (Å²) in [5.41, 5.74) is 0. The van der Waals surface area contributed by atoms with Crippen molar-refractivity contribution in [2.24, 2.45) is 5.92 Å². The molecule has 1 unspecified atom stereocenters. The molecule has 0 aliphatic rings. The summed E-state index contributed by atoms with van der Waals surface area (Å²) in [4.78, 5) is 12.2. The highest BCUT2D eigenvalue weighted by atomic mass is 35.5. The number of thioether (sulfide) groups is 1. The van der Waals surface area contributed by atoms with E-state index in [0.29, 0.717) is 5.02 Å². The summed E-state index contributed by atoms with van der Waals surface area (Å²) in [6.07, 6.45) is 0. The first-order valence-electron chi connectivity index (χ1n) is 4.62. The number of carbonyl (C=O) groups excluding carboxylic acids is 1. The van der Waals surface area contributed by atoms with Crippen LogP contribution >= 0.6 is 35.0 Å². The zero-order chi connectivity index (χ0) is 11.4. The van der Waals surface area contributed by atoms with Crippen LogP contribution in [0.3, 0.4) is 0 Å². The summed E-state index contributed by atoms with van der Waals surface area (Å²) < 4.78 is 0. The van der Waals surface area contributed by atoms with Crippen LogP contribution in [0, 0.1) is 5.92 Å². The fourth-order valence-corrected chi connectivity index (χ4v) is 2.57. The summed E-state index contributed by atoms with van der Waals surface area (Å²) >= 11 is 12.8. The van der Waals surface area contributed by atoms with E-state index in [4.69, 9.17) is 23.2 Å². The molecular formula is C11H12Cl2OS. The van der Waals surface area contributed by atoms with Crippen molar-refractivity contribution in [3.63, 3.8) is 0 Å². The number of benzene rings is 1. The van der Waals surface area contributed by atoms with E-state index in [2.05, 4.69) is 0 Å². The first-order valence-corrected chi connectivity index (χ1v) is 6.26. The van der Waals surface area contributed by atoms with Crippen molar-refractivity contribution in [3.05, 3.63) is 29.3 Å². The Balaban J connectivity index is 2.74. The van der Waals surface area contributed by atoms with Crippen LogP contribution in [0.5, 0.6) is 0 Å². The van der Waals surface area contributed by atoms with Crippen molar-refractivity contribution in [3.8, 4) is 0 Å². The minimum atomic E-state index is -0.301. The van der Waals surface area contributed by atoms with Gasteiger partial charge in [-0.1, -0.05) is 25.4 Å². The fraction of sp³-hybridized carbons (Fsp3) is 0.364. The molecule has 0 spiro atoms. The standard InChI is InChI=1S/C11H12Cl2OS/c1-7(2)10(11(13)14)15-9-5-3-8(12)4-6-9/h3-7,10H,1-2H3. The highest BCUT2D eigenvalue weighted by Crippen LogP contribution is 2.30. The van der Waals surface area contributed by atoms with Crippen molar-refractivity contribution < 1.29 is 4.79 Å². The Labute approximate surface area is 104 Å². The van der Waals surface area contributed by atoms with Crippen LogP contribution < -0.4 is 0 Å². The van der Waals surface area contributed by atoms with Gasteiger partial charge in [0.15, 0.2) is 0 Å². The van der Waals surface area contributed by atoms with Crippen molar-refractivity contribution in [1.29, 1.82) is 0 Å². The lowest BCUT2D eigenvalue weighted by atomic mass is 10.1. The van der Waals surface area contributed by atoms with Crippen LogP contribution in [0.15, 0.2) is 29.2 Å². The third kappa shape index (κ3) is 4.06. The maximum absolute atomic E-state index is 11.2. The van der Waals surface area contributed by atoms with E-state index in [9.17, 15) is 4.79 Å². The molecule has 1 nitrogen and oxygen atoms in total. The molecule has 1 rings (SSSR count). The van der Waals surface area contributed by atoms with E-state index in [1.54, 1.807) is 12.1 Å². The van der Waals surface area contributed by atoms with Gasteiger partial charge in [0.1, 0.15) is 0 Å². The predicted molar refractivity (Wildman–Crippen MR) is 66.8 cm³/mol. The van der Waals surface area contributed by atoms with E-state index in [0.717, 1.165) is 4.90 Å². The van der Waals surface area contributed by atoms with Crippen molar-refractivity contribution in [1.82, 2.24) is 0 Å². The topological polar surface area (TPSA) is 17.1 Å². The largest absolute Gasteiger partial charge is 0.280 e. The smallest absolute Gasteiger partial charge is 0.235 e. The van der Waals surface area contributed by atoms with E-state index in [1.165, 1.54) is 11.8 Å². The Kier molecular flexibility index (Phi) is 4.97. The van der Waals surface area contributed by atoms with E-state index in [-0.39, 0.29) is 16.4 Å². The Hall–Kier alpha value is -0.180. The molecule has 0 saturated carbocycles. The molecule has 1 aromatic rings. The Bertz CT molecular complexity index is 335. The number of halogens is 2.